The summed E-state index contributed by atoms with van der Waals surface area (Å²) in [5.41, 5.74) is 0.296. The fraction of sp³-hybridized carbons (Fsp3) is 0.462. The molecule has 0 radical (unpaired) electrons. The standard InChI is InChI=1S/C13H19N3O3/c1-13(2,3)16-11(17)5-7-15-10-4-6-14-8-9(10)12(18)19/h4,6,8H,5,7H2,1-3H3,(H,14,15)(H,16,17)(H,18,19). The fourth-order valence-electron chi connectivity index (χ4n) is 1.51. The molecule has 0 aliphatic carbocycles. The summed E-state index contributed by atoms with van der Waals surface area (Å²) in [6.45, 7) is 6.09. The molecule has 0 aromatic carbocycles. The van der Waals surface area contributed by atoms with Gasteiger partial charge in [-0.1, -0.05) is 0 Å². The zero-order valence-corrected chi connectivity index (χ0v) is 11.4. The summed E-state index contributed by atoms with van der Waals surface area (Å²) < 4.78 is 0. The number of pyridine rings is 1. The Hall–Kier alpha value is -2.11. The Labute approximate surface area is 112 Å². The van der Waals surface area contributed by atoms with Crippen LogP contribution < -0.4 is 10.6 Å². The number of aromatic carboxylic acids is 1. The first-order valence-corrected chi connectivity index (χ1v) is 6.02. The Morgan fingerprint density at radius 1 is 1.37 bits per heavy atom. The predicted molar refractivity (Wildman–Crippen MR) is 72.2 cm³/mol. The molecule has 0 unspecified atom stereocenters. The van der Waals surface area contributed by atoms with Crippen molar-refractivity contribution in [2.75, 3.05) is 11.9 Å². The van der Waals surface area contributed by atoms with E-state index in [0.29, 0.717) is 12.2 Å². The van der Waals surface area contributed by atoms with Crippen molar-refractivity contribution in [3.8, 4) is 0 Å². The number of carbonyl (C=O) groups excluding carboxylic acids is 1. The first-order valence-electron chi connectivity index (χ1n) is 6.02. The summed E-state index contributed by atoms with van der Waals surface area (Å²) in [4.78, 5) is 26.3. The summed E-state index contributed by atoms with van der Waals surface area (Å²) in [5, 5.41) is 14.7. The molecule has 1 heterocycles. The average molecular weight is 265 g/mol. The molecule has 0 saturated heterocycles. The van der Waals surface area contributed by atoms with Crippen LogP contribution in [0.2, 0.25) is 0 Å². The van der Waals surface area contributed by atoms with Crippen LogP contribution in [-0.2, 0) is 4.79 Å². The number of nitrogens with one attached hydrogen (secondary N) is 2. The van der Waals surface area contributed by atoms with Crippen LogP contribution in [0.15, 0.2) is 18.5 Å². The summed E-state index contributed by atoms with van der Waals surface area (Å²) in [5.74, 6) is -1.12. The van der Waals surface area contributed by atoms with Crippen LogP contribution >= 0.6 is 0 Å². The first kappa shape index (κ1) is 14.9. The number of hydrogen-bond donors (Lipinski definition) is 3. The third-order valence-corrected chi connectivity index (χ3v) is 2.23. The maximum Gasteiger partial charge on any atom is 0.339 e. The van der Waals surface area contributed by atoms with Gasteiger partial charge < -0.3 is 15.7 Å². The molecule has 104 valence electrons. The molecule has 1 aromatic rings. The van der Waals surface area contributed by atoms with Crippen molar-refractivity contribution in [1.82, 2.24) is 10.3 Å². The van der Waals surface area contributed by atoms with E-state index in [1.54, 1.807) is 6.07 Å². The first-order chi connectivity index (χ1) is 8.79. The van der Waals surface area contributed by atoms with Crippen LogP contribution in [0.3, 0.4) is 0 Å². The van der Waals surface area contributed by atoms with Crippen molar-refractivity contribution < 1.29 is 14.7 Å². The number of nitrogens with zero attached hydrogens (tertiary/aromatic N) is 1. The third kappa shape index (κ3) is 5.37. The van der Waals surface area contributed by atoms with E-state index < -0.39 is 5.97 Å². The van der Waals surface area contributed by atoms with Crippen molar-refractivity contribution in [1.29, 1.82) is 0 Å². The number of carboxylic acids is 1. The smallest absolute Gasteiger partial charge is 0.339 e. The van der Waals surface area contributed by atoms with Crippen LogP contribution in [0.1, 0.15) is 37.6 Å². The molecule has 0 aliphatic heterocycles. The Balaban J connectivity index is 2.50. The minimum Gasteiger partial charge on any atom is -0.478 e. The van der Waals surface area contributed by atoms with Gasteiger partial charge in [0.2, 0.25) is 5.91 Å². The number of carbonyl (C=O) groups is 2. The molecule has 0 fully saturated rings. The van der Waals surface area contributed by atoms with E-state index in [0.717, 1.165) is 0 Å². The van der Waals surface area contributed by atoms with Crippen LogP contribution in [-0.4, -0.2) is 34.1 Å². The SMILES string of the molecule is CC(C)(C)NC(=O)CCNc1ccncc1C(=O)O. The van der Waals surface area contributed by atoms with Gasteiger partial charge in [0.25, 0.3) is 0 Å². The lowest BCUT2D eigenvalue weighted by Gasteiger charge is -2.20. The molecular formula is C13H19N3O3. The minimum atomic E-state index is -1.05. The highest BCUT2D eigenvalue weighted by molar-refractivity contribution is 5.93. The van der Waals surface area contributed by atoms with Gasteiger partial charge >= 0.3 is 5.97 Å². The molecule has 0 atom stereocenters. The van der Waals surface area contributed by atoms with Gasteiger partial charge in [-0.05, 0) is 26.8 Å². The quantitative estimate of drug-likeness (QED) is 0.750. The van der Waals surface area contributed by atoms with Gasteiger partial charge in [-0.15, -0.1) is 0 Å². The highest BCUT2D eigenvalue weighted by atomic mass is 16.4. The van der Waals surface area contributed by atoms with Crippen LogP contribution in [0.5, 0.6) is 0 Å². The van der Waals surface area contributed by atoms with Gasteiger partial charge in [-0.25, -0.2) is 4.79 Å². The molecule has 0 spiro atoms. The summed E-state index contributed by atoms with van der Waals surface area (Å²) >= 11 is 0. The second-order valence-electron chi connectivity index (χ2n) is 5.20. The molecule has 0 saturated carbocycles. The van der Waals surface area contributed by atoms with E-state index in [-0.39, 0.29) is 23.4 Å². The zero-order valence-electron chi connectivity index (χ0n) is 11.4. The molecule has 0 aliphatic rings. The summed E-state index contributed by atoms with van der Waals surface area (Å²) in [7, 11) is 0. The van der Waals surface area contributed by atoms with E-state index >= 15 is 0 Å². The normalized spacial score (nSPS) is 10.9. The maximum atomic E-state index is 11.6. The summed E-state index contributed by atoms with van der Waals surface area (Å²) in [6, 6.07) is 1.57. The monoisotopic (exact) mass is 265 g/mol. The fourth-order valence-corrected chi connectivity index (χ4v) is 1.51. The summed E-state index contributed by atoms with van der Waals surface area (Å²) in [6.07, 6.45) is 3.06. The Kier molecular flexibility index (Phi) is 4.86. The third-order valence-electron chi connectivity index (χ3n) is 2.23. The molecule has 6 nitrogen and oxygen atoms in total. The lowest BCUT2D eigenvalue weighted by atomic mass is 10.1. The average Bonchev–Trinajstić information content (AvgIpc) is 2.27. The number of amides is 1. The minimum absolute atomic E-state index is 0.0778. The molecular weight excluding hydrogens is 246 g/mol. The second kappa shape index (κ2) is 6.17. The number of carboxylic acid groups (broad SMARTS) is 1. The highest BCUT2D eigenvalue weighted by Gasteiger charge is 2.14. The molecule has 19 heavy (non-hydrogen) atoms. The van der Waals surface area contributed by atoms with Crippen molar-refractivity contribution in [2.45, 2.75) is 32.7 Å². The van der Waals surface area contributed by atoms with Crippen molar-refractivity contribution in [2.24, 2.45) is 0 Å². The molecule has 6 heteroatoms. The number of anilines is 1. The Morgan fingerprint density at radius 3 is 2.63 bits per heavy atom. The predicted octanol–water partition coefficient (Wildman–Crippen LogP) is 1.50. The molecule has 3 N–H and O–H groups in total. The van der Waals surface area contributed by atoms with E-state index in [1.165, 1.54) is 12.4 Å². The topological polar surface area (TPSA) is 91.3 Å². The lowest BCUT2D eigenvalue weighted by molar-refractivity contribution is -0.122. The van der Waals surface area contributed by atoms with Gasteiger partial charge in [-0.3, -0.25) is 9.78 Å². The lowest BCUT2D eigenvalue weighted by Crippen LogP contribution is -2.41. The van der Waals surface area contributed by atoms with Crippen LogP contribution in [0.4, 0.5) is 5.69 Å². The molecule has 1 aromatic heterocycles. The highest BCUT2D eigenvalue weighted by Crippen LogP contribution is 2.13. The van der Waals surface area contributed by atoms with Gasteiger partial charge in [0, 0.05) is 30.9 Å². The van der Waals surface area contributed by atoms with Crippen molar-refractivity contribution in [3.05, 3.63) is 24.0 Å². The zero-order chi connectivity index (χ0) is 14.5. The van der Waals surface area contributed by atoms with Crippen molar-refractivity contribution >= 4 is 17.6 Å². The number of rotatable bonds is 5. The van der Waals surface area contributed by atoms with E-state index in [4.69, 9.17) is 5.11 Å². The van der Waals surface area contributed by atoms with E-state index in [9.17, 15) is 9.59 Å². The second-order valence-corrected chi connectivity index (χ2v) is 5.20. The van der Waals surface area contributed by atoms with E-state index in [2.05, 4.69) is 15.6 Å². The van der Waals surface area contributed by atoms with Crippen molar-refractivity contribution in [3.63, 3.8) is 0 Å². The van der Waals surface area contributed by atoms with Gasteiger partial charge in [0.1, 0.15) is 5.56 Å². The van der Waals surface area contributed by atoms with Gasteiger partial charge in [0.15, 0.2) is 0 Å². The van der Waals surface area contributed by atoms with Gasteiger partial charge in [-0.2, -0.15) is 0 Å². The Bertz CT molecular complexity index is 466. The van der Waals surface area contributed by atoms with Crippen LogP contribution in [0.25, 0.3) is 0 Å². The van der Waals surface area contributed by atoms with Gasteiger partial charge in [0.05, 0.1) is 5.69 Å². The van der Waals surface area contributed by atoms with E-state index in [1.807, 2.05) is 20.8 Å². The molecule has 1 rings (SSSR count). The molecule has 1 amide bonds. The number of aromatic nitrogens is 1. The maximum absolute atomic E-state index is 11.6. The van der Waals surface area contributed by atoms with Crippen LogP contribution in [0, 0.1) is 0 Å². The Morgan fingerprint density at radius 2 is 2.05 bits per heavy atom. The molecule has 0 bridgehead atoms. The number of hydrogen-bond acceptors (Lipinski definition) is 4. The largest absolute Gasteiger partial charge is 0.478 e.